The number of carbonyl (C=O) groups is 1. The van der Waals surface area contributed by atoms with Crippen molar-refractivity contribution in [3.05, 3.63) is 30.1 Å². The van der Waals surface area contributed by atoms with Crippen molar-refractivity contribution in [1.82, 2.24) is 19.8 Å². The molecule has 35 heavy (non-hydrogen) atoms. The van der Waals surface area contributed by atoms with Crippen LogP contribution in [0.15, 0.2) is 24.3 Å². The number of primary amides is 1. The zero-order valence-electron chi connectivity index (χ0n) is 21.5. The maximum atomic E-state index is 12.0. The third-order valence-electron chi connectivity index (χ3n) is 8.72. The Hall–Kier alpha value is -2.25. The highest BCUT2D eigenvalue weighted by atomic mass is 16.1. The summed E-state index contributed by atoms with van der Waals surface area (Å²) in [7, 11) is 0. The molecule has 3 unspecified atom stereocenters. The molecule has 0 bridgehead atoms. The van der Waals surface area contributed by atoms with Crippen molar-refractivity contribution in [1.29, 1.82) is 0 Å². The summed E-state index contributed by atoms with van der Waals surface area (Å²) in [5.74, 6) is 3.20. The molecule has 7 heteroatoms. The molecule has 3 N–H and O–H groups in total. The van der Waals surface area contributed by atoms with E-state index in [1.165, 1.54) is 44.9 Å². The van der Waals surface area contributed by atoms with Crippen LogP contribution in [0.4, 0.5) is 5.82 Å². The standard InChI is InChI=1S/C28H42N6O/c1-19(2)26(27(29)35)32-28-23-9-5-6-10-24(23)30-25(31-28)18-33-13-15-34(16-14-33)22-12-11-20-7-3-4-8-21(20)17-22/h5-6,9-10,19-22,26H,3-4,7-8,11-18H2,1-2H3,(H2,29,35)(H,30,31,32)/t20?,21?,22?,26-/m0/s1. The lowest BCUT2D eigenvalue weighted by Gasteiger charge is -2.46. The number of benzene rings is 1. The Labute approximate surface area is 209 Å². The van der Waals surface area contributed by atoms with Gasteiger partial charge in [-0.2, -0.15) is 0 Å². The van der Waals surface area contributed by atoms with Gasteiger partial charge in [-0.1, -0.05) is 51.7 Å². The molecule has 2 aromatic rings. The number of nitrogens with two attached hydrogens (primary N) is 1. The van der Waals surface area contributed by atoms with Crippen LogP contribution < -0.4 is 11.1 Å². The zero-order chi connectivity index (χ0) is 24.4. The Morgan fingerprint density at radius 3 is 2.51 bits per heavy atom. The number of fused-ring (bicyclic) bond motifs is 2. The van der Waals surface area contributed by atoms with Crippen LogP contribution >= 0.6 is 0 Å². The van der Waals surface area contributed by atoms with Crippen LogP contribution in [0.1, 0.15) is 64.6 Å². The number of para-hydroxylation sites is 1. The van der Waals surface area contributed by atoms with Gasteiger partial charge >= 0.3 is 0 Å². The van der Waals surface area contributed by atoms with Gasteiger partial charge in [0.2, 0.25) is 5.91 Å². The van der Waals surface area contributed by atoms with E-state index in [4.69, 9.17) is 15.7 Å². The minimum Gasteiger partial charge on any atom is -0.368 e. The second-order valence-electron chi connectivity index (χ2n) is 11.4. The molecule has 7 nitrogen and oxygen atoms in total. The number of hydrogen-bond donors (Lipinski definition) is 2. The van der Waals surface area contributed by atoms with Crippen molar-refractivity contribution < 1.29 is 4.79 Å². The molecule has 1 aliphatic heterocycles. The molecule has 4 atom stereocenters. The highest BCUT2D eigenvalue weighted by Crippen LogP contribution is 2.41. The quantitative estimate of drug-likeness (QED) is 0.625. The number of nitrogens with zero attached hydrogens (tertiary/aromatic N) is 4. The van der Waals surface area contributed by atoms with Gasteiger partial charge in [0, 0.05) is 37.6 Å². The van der Waals surface area contributed by atoms with Gasteiger partial charge in [-0.25, -0.2) is 9.97 Å². The minimum absolute atomic E-state index is 0.0708. The van der Waals surface area contributed by atoms with Gasteiger partial charge in [0.15, 0.2) is 0 Å². The van der Waals surface area contributed by atoms with E-state index in [0.717, 1.165) is 67.3 Å². The first-order valence-corrected chi connectivity index (χ1v) is 13.8. The predicted molar refractivity (Wildman–Crippen MR) is 141 cm³/mol. The van der Waals surface area contributed by atoms with Crippen LogP contribution in [0.3, 0.4) is 0 Å². The number of aromatic nitrogens is 2. The fourth-order valence-corrected chi connectivity index (χ4v) is 6.69. The summed E-state index contributed by atoms with van der Waals surface area (Å²) in [4.78, 5) is 27.0. The van der Waals surface area contributed by atoms with Gasteiger partial charge in [0.1, 0.15) is 17.7 Å². The van der Waals surface area contributed by atoms with E-state index in [-0.39, 0.29) is 11.8 Å². The van der Waals surface area contributed by atoms with E-state index < -0.39 is 6.04 Å². The van der Waals surface area contributed by atoms with E-state index in [9.17, 15) is 4.79 Å². The zero-order valence-corrected chi connectivity index (χ0v) is 21.5. The summed E-state index contributed by atoms with van der Waals surface area (Å²) >= 11 is 0. The molecule has 0 radical (unpaired) electrons. The predicted octanol–water partition coefficient (Wildman–Crippen LogP) is 4.03. The lowest BCUT2D eigenvalue weighted by molar-refractivity contribution is -0.119. The SMILES string of the molecule is CC(C)[C@H](Nc1nc(CN2CCN(C3CCC4CCCCC4C3)CC2)nc2ccccc12)C(N)=O. The first kappa shape index (κ1) is 24.4. The smallest absolute Gasteiger partial charge is 0.240 e. The number of carbonyl (C=O) groups excluding carboxylic acids is 1. The molecule has 2 aliphatic carbocycles. The molecule has 3 fully saturated rings. The maximum absolute atomic E-state index is 12.0. The minimum atomic E-state index is -0.469. The van der Waals surface area contributed by atoms with Crippen molar-refractivity contribution in [3.63, 3.8) is 0 Å². The first-order chi connectivity index (χ1) is 17.0. The topological polar surface area (TPSA) is 87.4 Å². The molecule has 190 valence electrons. The Morgan fingerprint density at radius 2 is 1.77 bits per heavy atom. The summed E-state index contributed by atoms with van der Waals surface area (Å²) in [5.41, 5.74) is 6.57. The molecular weight excluding hydrogens is 436 g/mol. The fraction of sp³-hybridized carbons (Fsp3) is 0.679. The van der Waals surface area contributed by atoms with Crippen LogP contribution in [0, 0.1) is 17.8 Å². The van der Waals surface area contributed by atoms with Gasteiger partial charge in [0.05, 0.1) is 12.1 Å². The van der Waals surface area contributed by atoms with E-state index in [0.29, 0.717) is 5.82 Å². The van der Waals surface area contributed by atoms with E-state index in [1.54, 1.807) is 0 Å². The lowest BCUT2D eigenvalue weighted by atomic mass is 9.69. The van der Waals surface area contributed by atoms with Gasteiger partial charge in [-0.15, -0.1) is 0 Å². The summed E-state index contributed by atoms with van der Waals surface area (Å²) in [6.45, 7) is 9.10. The highest BCUT2D eigenvalue weighted by Gasteiger charge is 2.35. The van der Waals surface area contributed by atoms with Crippen LogP contribution in [-0.2, 0) is 11.3 Å². The molecule has 2 heterocycles. The lowest BCUT2D eigenvalue weighted by Crippen LogP contribution is -2.52. The van der Waals surface area contributed by atoms with Crippen LogP contribution in [0.25, 0.3) is 10.9 Å². The van der Waals surface area contributed by atoms with Crippen molar-refractivity contribution in [2.75, 3.05) is 31.5 Å². The molecule has 1 saturated heterocycles. The van der Waals surface area contributed by atoms with Crippen molar-refractivity contribution in [3.8, 4) is 0 Å². The van der Waals surface area contributed by atoms with Crippen LogP contribution in [-0.4, -0.2) is 63.9 Å². The number of amides is 1. The van der Waals surface area contributed by atoms with Gasteiger partial charge in [-0.3, -0.25) is 14.6 Å². The molecule has 5 rings (SSSR count). The Morgan fingerprint density at radius 1 is 1.03 bits per heavy atom. The average molecular weight is 479 g/mol. The molecule has 0 spiro atoms. The van der Waals surface area contributed by atoms with Crippen LogP contribution in [0.5, 0.6) is 0 Å². The second-order valence-corrected chi connectivity index (χ2v) is 11.4. The summed E-state index contributed by atoms with van der Waals surface area (Å²) in [5, 5.41) is 4.24. The summed E-state index contributed by atoms with van der Waals surface area (Å²) in [6, 6.07) is 8.30. The summed E-state index contributed by atoms with van der Waals surface area (Å²) < 4.78 is 0. The van der Waals surface area contributed by atoms with E-state index >= 15 is 0 Å². The molecule has 1 amide bonds. The van der Waals surface area contributed by atoms with Crippen molar-refractivity contribution in [2.24, 2.45) is 23.5 Å². The summed E-state index contributed by atoms with van der Waals surface area (Å²) in [6.07, 6.45) is 10.1. The third kappa shape index (κ3) is 5.61. The van der Waals surface area contributed by atoms with E-state index in [1.807, 2.05) is 38.1 Å². The average Bonchev–Trinajstić information content (AvgIpc) is 2.87. The largest absolute Gasteiger partial charge is 0.368 e. The fourth-order valence-electron chi connectivity index (χ4n) is 6.69. The molecule has 3 aliphatic rings. The monoisotopic (exact) mass is 478 g/mol. The Bertz CT molecular complexity index is 1020. The number of anilines is 1. The normalized spacial score (nSPS) is 27.0. The first-order valence-electron chi connectivity index (χ1n) is 13.8. The third-order valence-corrected chi connectivity index (χ3v) is 8.72. The Balaban J connectivity index is 1.23. The van der Waals surface area contributed by atoms with Crippen molar-refractivity contribution in [2.45, 2.75) is 77.4 Å². The molecule has 1 aromatic carbocycles. The molecular formula is C28H42N6O. The molecule has 1 aromatic heterocycles. The number of hydrogen-bond acceptors (Lipinski definition) is 6. The van der Waals surface area contributed by atoms with Gasteiger partial charge in [-0.05, 0) is 49.1 Å². The Kier molecular flexibility index (Phi) is 7.54. The number of rotatable bonds is 7. The molecule has 2 saturated carbocycles. The highest BCUT2D eigenvalue weighted by molar-refractivity contribution is 5.91. The van der Waals surface area contributed by atoms with Gasteiger partial charge < -0.3 is 11.1 Å². The maximum Gasteiger partial charge on any atom is 0.240 e. The van der Waals surface area contributed by atoms with Gasteiger partial charge in [0.25, 0.3) is 0 Å². The number of piperazine rings is 1. The van der Waals surface area contributed by atoms with E-state index in [2.05, 4.69) is 15.1 Å². The van der Waals surface area contributed by atoms with Crippen LogP contribution in [0.2, 0.25) is 0 Å². The second kappa shape index (κ2) is 10.8. The number of nitrogens with one attached hydrogen (secondary N) is 1. The van der Waals surface area contributed by atoms with Crippen molar-refractivity contribution >= 4 is 22.6 Å².